The molecule has 4 aromatic rings. The van der Waals surface area contributed by atoms with Crippen LogP contribution in [-0.2, 0) is 0 Å². The van der Waals surface area contributed by atoms with Crippen molar-refractivity contribution in [2.45, 2.75) is 57.4 Å². The maximum absolute atomic E-state index is 13.4. The number of pyridine rings is 1. The second kappa shape index (κ2) is 9.41. The van der Waals surface area contributed by atoms with Crippen LogP contribution in [-0.4, -0.2) is 61.4 Å². The Labute approximate surface area is 208 Å². The summed E-state index contributed by atoms with van der Waals surface area (Å²) in [5, 5.41) is 8.94. The first-order chi connectivity index (χ1) is 17.2. The number of aromatic amines is 1. The van der Waals surface area contributed by atoms with Gasteiger partial charge in [0.15, 0.2) is 5.78 Å². The minimum absolute atomic E-state index is 0. The standard InChI is InChI=1S/C27H33N7O.2H2/c1-33-11-9-20(10-12-33)31-27-29-16-22-21(15-28-26(22)32-27)19-8-13-34-24(14-19)23(17-30-34)25(35)18-6-4-2-3-5-7-18;;/h8,13-18,20H,2-7,9-12H2,1H3,(H2,28,29,31,32);2*1H. The molecular formula is C27H37N7O. The van der Waals surface area contributed by atoms with E-state index >= 15 is 0 Å². The van der Waals surface area contributed by atoms with Crippen molar-refractivity contribution in [3.05, 3.63) is 42.5 Å². The Morgan fingerprint density at radius 2 is 1.91 bits per heavy atom. The van der Waals surface area contributed by atoms with Gasteiger partial charge in [-0.1, -0.05) is 25.7 Å². The lowest BCUT2D eigenvalue weighted by atomic mass is 9.91. The van der Waals surface area contributed by atoms with Crippen LogP contribution in [0, 0.1) is 5.92 Å². The molecule has 0 amide bonds. The second-order valence-electron chi connectivity index (χ2n) is 10.2. The van der Waals surface area contributed by atoms with E-state index in [4.69, 9.17) is 4.98 Å². The van der Waals surface area contributed by atoms with Crippen LogP contribution in [0.3, 0.4) is 0 Å². The predicted octanol–water partition coefficient (Wildman–Crippen LogP) is 5.42. The Morgan fingerprint density at radius 3 is 2.71 bits per heavy atom. The summed E-state index contributed by atoms with van der Waals surface area (Å²) in [5.74, 6) is 1.03. The highest BCUT2D eigenvalue weighted by Gasteiger charge is 2.24. The molecule has 0 aromatic carbocycles. The lowest BCUT2D eigenvalue weighted by Gasteiger charge is -2.29. The summed E-state index contributed by atoms with van der Waals surface area (Å²) in [7, 11) is 2.16. The molecule has 0 atom stereocenters. The van der Waals surface area contributed by atoms with Crippen molar-refractivity contribution in [1.29, 1.82) is 0 Å². The number of anilines is 1. The second-order valence-corrected chi connectivity index (χ2v) is 10.2. The molecule has 2 fully saturated rings. The average molecular weight is 476 g/mol. The van der Waals surface area contributed by atoms with E-state index in [0.717, 1.165) is 84.9 Å². The summed E-state index contributed by atoms with van der Waals surface area (Å²) in [4.78, 5) is 28.4. The van der Waals surface area contributed by atoms with Gasteiger partial charge in [0.05, 0.1) is 17.3 Å². The number of piperidine rings is 1. The number of aromatic nitrogens is 5. The van der Waals surface area contributed by atoms with Crippen LogP contribution in [0.15, 0.2) is 36.9 Å². The monoisotopic (exact) mass is 475 g/mol. The van der Waals surface area contributed by atoms with E-state index in [1.54, 1.807) is 6.20 Å². The molecule has 0 radical (unpaired) electrons. The SMILES string of the molecule is CN1CCC(Nc2ncc3c(-c4ccn5ncc(C(=O)C6CCCCCC6)c5c4)c[nH]c3n2)CC1.[HH].[HH]. The van der Waals surface area contributed by atoms with Gasteiger partial charge >= 0.3 is 0 Å². The molecule has 0 bridgehead atoms. The molecule has 8 nitrogen and oxygen atoms in total. The normalized spacial score (nSPS) is 18.8. The van der Waals surface area contributed by atoms with Crippen LogP contribution >= 0.6 is 0 Å². The first-order valence-electron chi connectivity index (χ1n) is 13.0. The number of likely N-dealkylation sites (tertiary alicyclic amines) is 1. The average Bonchev–Trinajstić information content (AvgIpc) is 3.39. The highest BCUT2D eigenvalue weighted by molar-refractivity contribution is 6.04. The molecule has 1 saturated heterocycles. The van der Waals surface area contributed by atoms with E-state index < -0.39 is 0 Å². The van der Waals surface area contributed by atoms with Gasteiger partial charge in [0.25, 0.3) is 0 Å². The maximum Gasteiger partial charge on any atom is 0.224 e. The summed E-state index contributed by atoms with van der Waals surface area (Å²) in [6, 6.07) is 4.52. The van der Waals surface area contributed by atoms with Gasteiger partial charge < -0.3 is 15.2 Å². The molecule has 6 rings (SSSR count). The molecule has 8 heteroatoms. The van der Waals surface area contributed by atoms with Crippen LogP contribution in [0.5, 0.6) is 0 Å². The third-order valence-electron chi connectivity index (χ3n) is 7.81. The fourth-order valence-corrected chi connectivity index (χ4v) is 5.65. The lowest BCUT2D eigenvalue weighted by Crippen LogP contribution is -2.37. The van der Waals surface area contributed by atoms with Gasteiger partial charge in [0, 0.05) is 44.4 Å². The summed E-state index contributed by atoms with van der Waals surface area (Å²) in [6.07, 6.45) is 16.5. The number of carbonyl (C=O) groups excluding carboxylic acids is 1. The molecular weight excluding hydrogens is 438 g/mol. The van der Waals surface area contributed by atoms with Gasteiger partial charge in [-0.05, 0) is 63.5 Å². The zero-order chi connectivity index (χ0) is 23.8. The lowest BCUT2D eigenvalue weighted by molar-refractivity contribution is 0.0909. The molecule has 1 saturated carbocycles. The highest BCUT2D eigenvalue weighted by Crippen LogP contribution is 2.31. The molecule has 0 unspecified atom stereocenters. The summed E-state index contributed by atoms with van der Waals surface area (Å²) >= 11 is 0. The van der Waals surface area contributed by atoms with Crippen LogP contribution in [0.25, 0.3) is 27.7 Å². The van der Waals surface area contributed by atoms with Crippen molar-refractivity contribution in [3.8, 4) is 11.1 Å². The number of carbonyl (C=O) groups is 1. The van der Waals surface area contributed by atoms with Gasteiger partial charge in [0.1, 0.15) is 5.65 Å². The number of nitrogens with zero attached hydrogens (tertiary/aromatic N) is 5. The van der Waals surface area contributed by atoms with Gasteiger partial charge in [-0.15, -0.1) is 0 Å². The van der Waals surface area contributed by atoms with Gasteiger partial charge in [-0.3, -0.25) is 4.79 Å². The van der Waals surface area contributed by atoms with Crippen molar-refractivity contribution in [1.82, 2.24) is 29.5 Å². The molecule has 2 aliphatic rings. The van der Waals surface area contributed by atoms with Gasteiger partial charge in [-0.25, -0.2) is 9.50 Å². The summed E-state index contributed by atoms with van der Waals surface area (Å²) in [5.41, 5.74) is 4.47. The topological polar surface area (TPSA) is 91.2 Å². The fourth-order valence-electron chi connectivity index (χ4n) is 5.65. The minimum Gasteiger partial charge on any atom is -0.351 e. The molecule has 1 aliphatic carbocycles. The molecule has 5 heterocycles. The number of H-pyrrole nitrogens is 1. The first kappa shape index (κ1) is 22.2. The Morgan fingerprint density at radius 1 is 1.11 bits per heavy atom. The third-order valence-corrected chi connectivity index (χ3v) is 7.81. The highest BCUT2D eigenvalue weighted by atomic mass is 16.1. The molecule has 0 spiro atoms. The summed E-state index contributed by atoms with van der Waals surface area (Å²) < 4.78 is 1.81. The maximum atomic E-state index is 13.4. The smallest absolute Gasteiger partial charge is 0.224 e. The van der Waals surface area contributed by atoms with E-state index in [1.807, 2.05) is 29.2 Å². The predicted molar refractivity (Wildman–Crippen MR) is 142 cm³/mol. The van der Waals surface area contributed by atoms with Crippen LogP contribution in [0.2, 0.25) is 0 Å². The van der Waals surface area contributed by atoms with Crippen LogP contribution in [0.1, 0.15) is 64.6 Å². The van der Waals surface area contributed by atoms with Crippen molar-refractivity contribution >= 4 is 28.3 Å². The van der Waals surface area contributed by atoms with Crippen molar-refractivity contribution < 1.29 is 7.65 Å². The van der Waals surface area contributed by atoms with Crippen molar-refractivity contribution in [3.63, 3.8) is 0 Å². The first-order valence-corrected chi connectivity index (χ1v) is 13.0. The molecule has 2 N–H and O–H groups in total. The number of hydrogen-bond acceptors (Lipinski definition) is 6. The molecule has 35 heavy (non-hydrogen) atoms. The third kappa shape index (κ3) is 4.43. The molecule has 186 valence electrons. The van der Waals surface area contributed by atoms with Crippen LogP contribution in [0.4, 0.5) is 5.95 Å². The number of rotatable bonds is 5. The number of Topliss-reactive ketones (excluding diaryl/α,β-unsaturated/α-hetero) is 1. The zero-order valence-corrected chi connectivity index (χ0v) is 20.3. The van der Waals surface area contributed by atoms with E-state index in [0.29, 0.717) is 12.0 Å². The van der Waals surface area contributed by atoms with Gasteiger partial charge in [-0.2, -0.15) is 10.1 Å². The summed E-state index contributed by atoms with van der Waals surface area (Å²) in [6.45, 7) is 2.18. The van der Waals surface area contributed by atoms with Gasteiger partial charge in [0.2, 0.25) is 5.95 Å². The Kier molecular flexibility index (Phi) is 5.98. The number of ketones is 1. The quantitative estimate of drug-likeness (QED) is 0.296. The fraction of sp³-hybridized carbons (Fsp3) is 0.481. The Hall–Kier alpha value is -3.26. The Balaban J connectivity index is 0.00000160. The Bertz CT molecular complexity index is 1350. The van der Waals surface area contributed by atoms with Crippen molar-refractivity contribution in [2.75, 3.05) is 25.5 Å². The van der Waals surface area contributed by atoms with Crippen molar-refractivity contribution in [2.24, 2.45) is 5.92 Å². The number of fused-ring (bicyclic) bond motifs is 2. The number of nitrogens with one attached hydrogen (secondary N) is 2. The van der Waals surface area contributed by atoms with E-state index in [-0.39, 0.29) is 14.6 Å². The zero-order valence-electron chi connectivity index (χ0n) is 20.3. The molecule has 1 aliphatic heterocycles. The molecule has 4 aromatic heterocycles. The minimum atomic E-state index is 0. The van der Waals surface area contributed by atoms with E-state index in [1.165, 1.54) is 12.8 Å². The van der Waals surface area contributed by atoms with Crippen LogP contribution < -0.4 is 5.32 Å². The van der Waals surface area contributed by atoms with E-state index in [2.05, 4.69) is 38.4 Å². The largest absolute Gasteiger partial charge is 0.351 e. The van der Waals surface area contributed by atoms with E-state index in [9.17, 15) is 4.79 Å². The number of hydrogen-bond donors (Lipinski definition) is 2.